The second-order valence-corrected chi connectivity index (χ2v) is 5.19. The Balaban J connectivity index is 2.50. The van der Waals surface area contributed by atoms with Gasteiger partial charge in [-0.15, -0.1) is 0 Å². The maximum atomic E-state index is 11.6. The zero-order valence-corrected chi connectivity index (χ0v) is 13.6. The minimum atomic E-state index is -0.512. The van der Waals surface area contributed by atoms with Crippen LogP contribution < -0.4 is 10.4 Å². The summed E-state index contributed by atoms with van der Waals surface area (Å²) >= 11 is 12.2. The van der Waals surface area contributed by atoms with Gasteiger partial charge in [-0.1, -0.05) is 29.3 Å². The van der Waals surface area contributed by atoms with Gasteiger partial charge in [-0.3, -0.25) is 0 Å². The Hall–Kier alpha value is -1.75. The molecule has 4 nitrogen and oxygen atoms in total. The van der Waals surface area contributed by atoms with Gasteiger partial charge in [-0.25, -0.2) is 4.79 Å². The summed E-state index contributed by atoms with van der Waals surface area (Å²) < 4.78 is 15.5. The largest absolute Gasteiger partial charge is 0.496 e. The molecule has 0 atom stereocenters. The highest BCUT2D eigenvalue weighted by Crippen LogP contribution is 2.28. The first-order valence-corrected chi connectivity index (χ1v) is 7.14. The van der Waals surface area contributed by atoms with Crippen molar-refractivity contribution < 1.29 is 13.9 Å². The molecule has 0 aliphatic heterocycles. The number of halogens is 2. The Morgan fingerprint density at radius 3 is 2.45 bits per heavy atom. The Kier molecular flexibility index (Phi) is 5.66. The van der Waals surface area contributed by atoms with E-state index in [0.717, 1.165) is 0 Å². The molecule has 2 rings (SSSR count). The topological polar surface area (TPSA) is 48.7 Å². The van der Waals surface area contributed by atoms with E-state index < -0.39 is 5.63 Å². The molecule has 0 saturated carbocycles. The summed E-state index contributed by atoms with van der Waals surface area (Å²) in [4.78, 5) is 11.6. The van der Waals surface area contributed by atoms with Gasteiger partial charge in [-0.05, 0) is 24.3 Å². The van der Waals surface area contributed by atoms with Gasteiger partial charge in [-0.2, -0.15) is 0 Å². The molecule has 6 heteroatoms. The average Bonchev–Trinajstić information content (AvgIpc) is 2.49. The molecule has 0 unspecified atom stereocenters. The highest BCUT2D eigenvalue weighted by molar-refractivity contribution is 6.37. The van der Waals surface area contributed by atoms with Crippen molar-refractivity contribution in [3.8, 4) is 5.75 Å². The van der Waals surface area contributed by atoms with Gasteiger partial charge in [0.2, 0.25) is 0 Å². The summed E-state index contributed by atoms with van der Waals surface area (Å²) in [6.45, 7) is 0.239. The Bertz CT molecular complexity index is 730. The van der Waals surface area contributed by atoms with Crippen LogP contribution in [0.1, 0.15) is 16.9 Å². The van der Waals surface area contributed by atoms with E-state index in [1.54, 1.807) is 37.5 Å². The van der Waals surface area contributed by atoms with E-state index in [1.165, 1.54) is 13.2 Å². The lowest BCUT2D eigenvalue weighted by Crippen LogP contribution is -2.05. The van der Waals surface area contributed by atoms with E-state index >= 15 is 0 Å². The van der Waals surface area contributed by atoms with Gasteiger partial charge in [0.15, 0.2) is 0 Å². The number of hydrogen-bond donors (Lipinski definition) is 0. The summed E-state index contributed by atoms with van der Waals surface area (Å²) in [5, 5.41) is 1.00. The van der Waals surface area contributed by atoms with Crippen LogP contribution in [0.2, 0.25) is 10.0 Å². The van der Waals surface area contributed by atoms with Gasteiger partial charge >= 0.3 is 5.63 Å². The fourth-order valence-corrected chi connectivity index (χ4v) is 2.47. The smallest absolute Gasteiger partial charge is 0.339 e. The molecule has 0 spiro atoms. The summed E-state index contributed by atoms with van der Waals surface area (Å²) in [5.74, 6) is 0.741. The third-order valence-electron chi connectivity index (χ3n) is 2.96. The summed E-state index contributed by atoms with van der Waals surface area (Å²) in [5.41, 5.74) is 0.755. The first-order valence-electron chi connectivity index (χ1n) is 6.39. The van der Waals surface area contributed by atoms with Crippen molar-refractivity contribution in [3.05, 3.63) is 61.6 Å². The highest BCUT2D eigenvalue weighted by atomic mass is 35.5. The van der Waals surface area contributed by atoms with Crippen molar-refractivity contribution in [1.82, 2.24) is 0 Å². The first kappa shape index (κ1) is 16.6. The molecule has 0 radical (unpaired) electrons. The molecule has 0 fully saturated rings. The van der Waals surface area contributed by atoms with E-state index in [0.29, 0.717) is 32.7 Å². The molecule has 0 bridgehead atoms. The van der Waals surface area contributed by atoms with E-state index in [1.807, 2.05) is 0 Å². The van der Waals surface area contributed by atoms with Crippen LogP contribution in [0.3, 0.4) is 0 Å². The van der Waals surface area contributed by atoms with Crippen LogP contribution in [0.25, 0.3) is 12.2 Å². The van der Waals surface area contributed by atoms with Crippen LogP contribution >= 0.6 is 23.2 Å². The molecular weight excluding hydrogens is 327 g/mol. The predicted octanol–water partition coefficient (Wildman–Crippen LogP) is 4.27. The van der Waals surface area contributed by atoms with Crippen LogP contribution in [0.4, 0.5) is 0 Å². The third kappa shape index (κ3) is 3.71. The van der Waals surface area contributed by atoms with Crippen molar-refractivity contribution in [2.75, 3.05) is 14.2 Å². The lowest BCUT2D eigenvalue weighted by atomic mass is 10.1. The zero-order chi connectivity index (χ0) is 16.1. The molecule has 22 heavy (non-hydrogen) atoms. The average molecular weight is 341 g/mol. The van der Waals surface area contributed by atoms with E-state index in [9.17, 15) is 4.79 Å². The molecule has 1 aromatic carbocycles. The van der Waals surface area contributed by atoms with E-state index in [4.69, 9.17) is 37.1 Å². The Morgan fingerprint density at radius 1 is 1.18 bits per heavy atom. The molecule has 2 aromatic rings. The van der Waals surface area contributed by atoms with Crippen molar-refractivity contribution in [3.63, 3.8) is 0 Å². The summed E-state index contributed by atoms with van der Waals surface area (Å²) in [7, 11) is 3.02. The first-order chi connectivity index (χ1) is 10.6. The minimum Gasteiger partial charge on any atom is -0.496 e. The predicted molar refractivity (Wildman–Crippen MR) is 87.6 cm³/mol. The number of methoxy groups -OCH3 is 2. The zero-order valence-electron chi connectivity index (χ0n) is 12.1. The van der Waals surface area contributed by atoms with Gasteiger partial charge in [0.05, 0.1) is 25.3 Å². The van der Waals surface area contributed by atoms with Gasteiger partial charge in [0, 0.05) is 22.7 Å². The molecule has 0 saturated heterocycles. The van der Waals surface area contributed by atoms with Crippen LogP contribution in [0, 0.1) is 0 Å². The van der Waals surface area contributed by atoms with Gasteiger partial charge < -0.3 is 13.9 Å². The van der Waals surface area contributed by atoms with Crippen molar-refractivity contribution in [2.45, 2.75) is 6.61 Å². The highest BCUT2D eigenvalue weighted by Gasteiger charge is 2.12. The maximum Gasteiger partial charge on any atom is 0.339 e. The summed E-state index contributed by atoms with van der Waals surface area (Å²) in [6.07, 6.45) is 3.30. The fourth-order valence-electron chi connectivity index (χ4n) is 1.95. The van der Waals surface area contributed by atoms with Crippen molar-refractivity contribution in [2.24, 2.45) is 0 Å². The lowest BCUT2D eigenvalue weighted by molar-refractivity contribution is 0.178. The lowest BCUT2D eigenvalue weighted by Gasteiger charge is -2.09. The molecule has 0 aliphatic carbocycles. The Morgan fingerprint density at radius 2 is 1.86 bits per heavy atom. The normalized spacial score (nSPS) is 11.1. The van der Waals surface area contributed by atoms with E-state index in [-0.39, 0.29) is 6.61 Å². The van der Waals surface area contributed by atoms with Crippen LogP contribution in [-0.4, -0.2) is 14.2 Å². The van der Waals surface area contributed by atoms with Crippen molar-refractivity contribution in [1.29, 1.82) is 0 Å². The maximum absolute atomic E-state index is 11.6. The monoisotopic (exact) mass is 340 g/mol. The second-order valence-electron chi connectivity index (χ2n) is 4.38. The van der Waals surface area contributed by atoms with Crippen LogP contribution in [0.15, 0.2) is 33.5 Å². The molecule has 0 amide bonds. The van der Waals surface area contributed by atoms with Crippen LogP contribution in [0.5, 0.6) is 5.75 Å². The second kappa shape index (κ2) is 7.49. The minimum absolute atomic E-state index is 0.239. The standard InChI is InChI=1S/C16H14Cl2O4/c1-20-9-11-14(22-16(19)8-15(11)21-2)7-6-10-12(17)4-3-5-13(10)18/h3-8H,9H2,1-2H3/b7-6+. The molecule has 0 N–H and O–H groups in total. The van der Waals surface area contributed by atoms with Crippen molar-refractivity contribution >= 4 is 35.4 Å². The number of hydrogen-bond acceptors (Lipinski definition) is 4. The molecule has 1 aromatic heterocycles. The number of ether oxygens (including phenoxy) is 2. The third-order valence-corrected chi connectivity index (χ3v) is 3.62. The molecule has 0 aliphatic rings. The fraction of sp³-hybridized carbons (Fsp3) is 0.188. The van der Waals surface area contributed by atoms with Gasteiger partial charge in [0.1, 0.15) is 11.5 Å². The SMILES string of the molecule is COCc1c(OC)cc(=O)oc1/C=C/c1c(Cl)cccc1Cl. The van der Waals surface area contributed by atoms with Crippen LogP contribution in [-0.2, 0) is 11.3 Å². The molecule has 116 valence electrons. The quantitative estimate of drug-likeness (QED) is 0.815. The van der Waals surface area contributed by atoms with Gasteiger partial charge in [0.25, 0.3) is 0 Å². The number of rotatable bonds is 5. The van der Waals surface area contributed by atoms with E-state index in [2.05, 4.69) is 0 Å². The number of benzene rings is 1. The molecular formula is C16H14Cl2O4. The Labute approximate surface area is 137 Å². The summed E-state index contributed by atoms with van der Waals surface area (Å²) in [6, 6.07) is 6.48. The molecule has 1 heterocycles.